The molecule has 0 saturated carbocycles. The molecule has 1 saturated heterocycles. The fraction of sp³-hybridized carbons (Fsp3) is 0.167. The second-order valence-electron chi connectivity index (χ2n) is 7.30. The number of nitrogens with zero attached hydrogens (tertiary/aromatic N) is 1. The molecule has 9 heteroatoms. The summed E-state index contributed by atoms with van der Waals surface area (Å²) in [6.07, 6.45) is 1.36. The van der Waals surface area contributed by atoms with E-state index in [0.717, 1.165) is 0 Å². The number of esters is 2. The molecule has 0 aliphatic carbocycles. The first-order valence-electron chi connectivity index (χ1n) is 10.0. The number of halogens is 1. The minimum atomic E-state index is -0.663. The molecule has 1 atom stereocenters. The molecule has 1 aliphatic heterocycles. The number of anilines is 1. The Morgan fingerprint density at radius 1 is 1.03 bits per heavy atom. The van der Waals surface area contributed by atoms with E-state index in [1.54, 1.807) is 30.3 Å². The molecule has 0 radical (unpaired) electrons. The van der Waals surface area contributed by atoms with Crippen molar-refractivity contribution < 1.29 is 33.1 Å². The fourth-order valence-corrected chi connectivity index (χ4v) is 3.46. The maximum absolute atomic E-state index is 12.4. The lowest BCUT2D eigenvalue weighted by atomic mass is 10.1. The molecule has 0 spiro atoms. The number of amides is 1. The number of Topliss-reactive ketones (excluding diaryl/α,β-unsaturated/α-hetero) is 1. The summed E-state index contributed by atoms with van der Waals surface area (Å²) >= 11 is 5.87. The number of benzene rings is 2. The van der Waals surface area contributed by atoms with Crippen LogP contribution in [0.4, 0.5) is 5.69 Å². The summed E-state index contributed by atoms with van der Waals surface area (Å²) in [4.78, 5) is 50.4. The van der Waals surface area contributed by atoms with Gasteiger partial charge in [0.1, 0.15) is 5.75 Å². The lowest BCUT2D eigenvalue weighted by Crippen LogP contribution is -2.27. The summed E-state index contributed by atoms with van der Waals surface area (Å²) in [6, 6.07) is 15.6. The largest absolute Gasteiger partial charge is 0.457 e. The average Bonchev–Trinajstić information content (AvgIpc) is 3.49. The highest BCUT2D eigenvalue weighted by Gasteiger charge is 2.36. The predicted octanol–water partition coefficient (Wildman–Crippen LogP) is 3.93. The smallest absolute Gasteiger partial charge is 0.379 e. The van der Waals surface area contributed by atoms with Crippen molar-refractivity contribution in [3.05, 3.63) is 83.3 Å². The van der Waals surface area contributed by atoms with Crippen LogP contribution in [0.1, 0.15) is 27.3 Å². The molecule has 1 aromatic heterocycles. The van der Waals surface area contributed by atoms with Gasteiger partial charge in [-0.1, -0.05) is 11.6 Å². The number of hydrogen-bond acceptors (Lipinski definition) is 7. The number of hydrogen-bond donors (Lipinski definition) is 0. The lowest BCUT2D eigenvalue weighted by molar-refractivity contribution is -0.147. The first-order chi connectivity index (χ1) is 15.9. The van der Waals surface area contributed by atoms with Gasteiger partial charge in [-0.2, -0.15) is 0 Å². The minimum absolute atomic E-state index is 0.00534. The third-order valence-corrected chi connectivity index (χ3v) is 5.30. The second kappa shape index (κ2) is 9.70. The predicted molar refractivity (Wildman–Crippen MR) is 117 cm³/mol. The number of furan rings is 1. The standard InChI is InChI=1S/C24H18ClNO7/c25-17-5-7-18(8-6-17)26-13-16(12-22(26)28)23(29)32-14-20(27)15-3-9-19(10-4-15)33-24(30)21-2-1-11-31-21/h1-11,16H,12-14H2/t16-/m0/s1. The Bertz CT molecular complexity index is 1170. The molecule has 168 valence electrons. The molecular weight excluding hydrogens is 450 g/mol. The first kappa shape index (κ1) is 22.3. The van der Waals surface area contributed by atoms with Crippen LogP contribution < -0.4 is 9.64 Å². The van der Waals surface area contributed by atoms with E-state index in [0.29, 0.717) is 10.7 Å². The number of ketones is 1. The van der Waals surface area contributed by atoms with Gasteiger partial charge in [-0.15, -0.1) is 0 Å². The van der Waals surface area contributed by atoms with E-state index in [4.69, 9.17) is 25.5 Å². The summed E-state index contributed by atoms with van der Waals surface area (Å²) < 4.78 is 15.3. The Balaban J connectivity index is 1.28. The van der Waals surface area contributed by atoms with E-state index in [1.165, 1.54) is 41.5 Å². The Labute approximate surface area is 193 Å². The zero-order valence-electron chi connectivity index (χ0n) is 17.2. The normalized spacial score (nSPS) is 15.4. The summed E-state index contributed by atoms with van der Waals surface area (Å²) in [5.41, 5.74) is 0.925. The molecule has 8 nitrogen and oxygen atoms in total. The van der Waals surface area contributed by atoms with E-state index in [-0.39, 0.29) is 35.9 Å². The highest BCUT2D eigenvalue weighted by atomic mass is 35.5. The molecule has 0 bridgehead atoms. The molecule has 0 N–H and O–H groups in total. The summed E-state index contributed by atoms with van der Waals surface area (Å²) in [5.74, 6) is -2.27. The van der Waals surface area contributed by atoms with Crippen molar-refractivity contribution in [2.45, 2.75) is 6.42 Å². The van der Waals surface area contributed by atoms with E-state index in [9.17, 15) is 19.2 Å². The number of rotatable bonds is 7. The first-order valence-corrected chi connectivity index (χ1v) is 10.4. The quantitative estimate of drug-likeness (QED) is 0.294. The van der Waals surface area contributed by atoms with Crippen molar-refractivity contribution in [1.29, 1.82) is 0 Å². The molecule has 2 aromatic carbocycles. The Morgan fingerprint density at radius 2 is 1.76 bits per heavy atom. The highest BCUT2D eigenvalue weighted by Crippen LogP contribution is 2.27. The van der Waals surface area contributed by atoms with Crippen LogP contribution in [-0.2, 0) is 14.3 Å². The van der Waals surface area contributed by atoms with Crippen LogP contribution in [0.5, 0.6) is 5.75 Å². The molecular formula is C24H18ClNO7. The maximum atomic E-state index is 12.4. The lowest BCUT2D eigenvalue weighted by Gasteiger charge is -2.16. The summed E-state index contributed by atoms with van der Waals surface area (Å²) in [5, 5.41) is 0.545. The Kier molecular flexibility index (Phi) is 6.55. The van der Waals surface area contributed by atoms with Crippen LogP contribution in [0, 0.1) is 5.92 Å². The number of carbonyl (C=O) groups is 4. The molecule has 1 fully saturated rings. The fourth-order valence-electron chi connectivity index (χ4n) is 3.33. The molecule has 1 amide bonds. The van der Waals surface area contributed by atoms with Gasteiger partial charge in [0.15, 0.2) is 12.4 Å². The highest BCUT2D eigenvalue weighted by molar-refractivity contribution is 6.30. The van der Waals surface area contributed by atoms with Crippen molar-refractivity contribution in [2.24, 2.45) is 5.92 Å². The topological polar surface area (TPSA) is 103 Å². The van der Waals surface area contributed by atoms with Crippen LogP contribution in [-0.4, -0.2) is 36.8 Å². The molecule has 1 aliphatic rings. The minimum Gasteiger partial charge on any atom is -0.457 e. The van der Waals surface area contributed by atoms with Gasteiger partial charge >= 0.3 is 11.9 Å². The third-order valence-electron chi connectivity index (χ3n) is 5.05. The van der Waals surface area contributed by atoms with Gasteiger partial charge in [-0.3, -0.25) is 14.4 Å². The van der Waals surface area contributed by atoms with E-state index in [2.05, 4.69) is 0 Å². The number of carbonyl (C=O) groups excluding carboxylic acids is 4. The van der Waals surface area contributed by atoms with Crippen LogP contribution >= 0.6 is 11.6 Å². The van der Waals surface area contributed by atoms with Crippen LogP contribution in [0.25, 0.3) is 0 Å². The van der Waals surface area contributed by atoms with Gasteiger partial charge in [0.2, 0.25) is 11.7 Å². The van der Waals surface area contributed by atoms with Gasteiger partial charge in [-0.25, -0.2) is 4.79 Å². The zero-order chi connectivity index (χ0) is 23.4. The van der Waals surface area contributed by atoms with Crippen LogP contribution in [0.15, 0.2) is 71.3 Å². The zero-order valence-corrected chi connectivity index (χ0v) is 18.0. The maximum Gasteiger partial charge on any atom is 0.379 e. The van der Waals surface area contributed by atoms with E-state index in [1.807, 2.05) is 0 Å². The second-order valence-corrected chi connectivity index (χ2v) is 7.74. The van der Waals surface area contributed by atoms with Gasteiger partial charge < -0.3 is 18.8 Å². The van der Waals surface area contributed by atoms with Crippen LogP contribution in [0.2, 0.25) is 5.02 Å². The molecule has 0 unspecified atom stereocenters. The molecule has 2 heterocycles. The molecule has 4 rings (SSSR count). The summed E-state index contributed by atoms with van der Waals surface area (Å²) in [7, 11) is 0. The molecule has 33 heavy (non-hydrogen) atoms. The average molecular weight is 468 g/mol. The van der Waals surface area contributed by atoms with E-state index < -0.39 is 30.2 Å². The van der Waals surface area contributed by atoms with E-state index >= 15 is 0 Å². The van der Waals surface area contributed by atoms with Crippen LogP contribution in [0.3, 0.4) is 0 Å². The molecule has 3 aromatic rings. The Morgan fingerprint density at radius 3 is 2.42 bits per heavy atom. The third kappa shape index (κ3) is 5.30. The van der Waals surface area contributed by atoms with Crippen molar-refractivity contribution in [2.75, 3.05) is 18.1 Å². The SMILES string of the molecule is O=C(COC(=O)[C@H]1CC(=O)N(c2ccc(Cl)cc2)C1)c1ccc(OC(=O)c2ccco2)cc1. The van der Waals surface area contributed by atoms with Crippen molar-refractivity contribution >= 4 is 40.9 Å². The number of ether oxygens (including phenoxy) is 2. The van der Waals surface area contributed by atoms with Gasteiger partial charge in [0.25, 0.3) is 0 Å². The van der Waals surface area contributed by atoms with Gasteiger partial charge in [-0.05, 0) is 60.7 Å². The van der Waals surface area contributed by atoms with Crippen molar-refractivity contribution in [1.82, 2.24) is 0 Å². The van der Waals surface area contributed by atoms with Gasteiger partial charge in [0, 0.05) is 29.2 Å². The monoisotopic (exact) mass is 467 g/mol. The Hall–Kier alpha value is -3.91. The van der Waals surface area contributed by atoms with Crippen molar-refractivity contribution in [3.63, 3.8) is 0 Å². The summed E-state index contributed by atoms with van der Waals surface area (Å²) in [6.45, 7) is -0.292. The van der Waals surface area contributed by atoms with Crippen molar-refractivity contribution in [3.8, 4) is 5.75 Å². The van der Waals surface area contributed by atoms with Gasteiger partial charge in [0.05, 0.1) is 12.2 Å².